The number of H-pyrrole nitrogens is 1. The van der Waals surface area contributed by atoms with Crippen LogP contribution in [0, 0.1) is 0 Å². The number of rotatable bonds is 2. The molecule has 1 saturated carbocycles. The van der Waals surface area contributed by atoms with Gasteiger partial charge >= 0.3 is 0 Å². The molecule has 1 heterocycles. The molecule has 2 rings (SSSR count). The van der Waals surface area contributed by atoms with Crippen LogP contribution in [0.1, 0.15) is 50.8 Å². The highest BCUT2D eigenvalue weighted by molar-refractivity contribution is 5.23. The Hall–Kier alpha value is -1.12. The number of aromatic nitrogens is 2. The molecule has 0 spiro atoms. The second kappa shape index (κ2) is 4.94. The van der Waals surface area contributed by atoms with Crippen molar-refractivity contribution < 1.29 is 0 Å². The van der Waals surface area contributed by atoms with E-state index in [1.54, 1.807) is 0 Å². The highest BCUT2D eigenvalue weighted by Gasteiger charge is 2.27. The topological polar surface area (TPSA) is 45.8 Å². The summed E-state index contributed by atoms with van der Waals surface area (Å²) >= 11 is 0. The van der Waals surface area contributed by atoms with Crippen LogP contribution >= 0.6 is 0 Å². The van der Waals surface area contributed by atoms with Crippen LogP contribution in [0.3, 0.4) is 0 Å². The van der Waals surface area contributed by atoms with Crippen molar-refractivity contribution in [2.24, 2.45) is 0 Å². The molecule has 0 atom stereocenters. The van der Waals surface area contributed by atoms with E-state index in [-0.39, 0.29) is 5.56 Å². The van der Waals surface area contributed by atoms with Crippen molar-refractivity contribution in [2.75, 3.05) is 0 Å². The molecule has 0 aliphatic heterocycles. The first-order valence-corrected chi connectivity index (χ1v) is 5.39. The molecular formula is C11H18N2O. The van der Waals surface area contributed by atoms with Crippen LogP contribution in [0.4, 0.5) is 0 Å². The number of nitrogens with zero attached hydrogens (tertiary/aromatic N) is 1. The maximum absolute atomic E-state index is 11.3. The van der Waals surface area contributed by atoms with E-state index in [1.807, 2.05) is 20.8 Å². The van der Waals surface area contributed by atoms with E-state index in [9.17, 15) is 4.79 Å². The molecule has 1 N–H and O–H groups in total. The van der Waals surface area contributed by atoms with Gasteiger partial charge in [0.25, 0.3) is 5.56 Å². The van der Waals surface area contributed by atoms with Gasteiger partial charge in [-0.1, -0.05) is 20.8 Å². The van der Waals surface area contributed by atoms with Gasteiger partial charge in [0.2, 0.25) is 0 Å². The van der Waals surface area contributed by atoms with Crippen molar-refractivity contribution in [2.45, 2.75) is 46.0 Å². The van der Waals surface area contributed by atoms with Crippen molar-refractivity contribution in [1.82, 2.24) is 9.97 Å². The summed E-state index contributed by atoms with van der Waals surface area (Å²) in [6.07, 6.45) is 4.69. The first-order chi connectivity index (χ1) is 6.83. The summed E-state index contributed by atoms with van der Waals surface area (Å²) in [5.74, 6) is 0.572. The molecule has 1 aromatic rings. The summed E-state index contributed by atoms with van der Waals surface area (Å²) in [6, 6.07) is 0. The third kappa shape index (κ3) is 2.22. The zero-order chi connectivity index (χ0) is 10.6. The lowest BCUT2D eigenvalue weighted by molar-refractivity contribution is 0.898. The SMILES string of the molecule is CC.CCc1c(C2CC2)nc[nH]c1=O. The van der Waals surface area contributed by atoms with Gasteiger partial charge in [-0.2, -0.15) is 0 Å². The fourth-order valence-corrected chi connectivity index (χ4v) is 1.49. The Bertz CT molecular complexity index is 339. The van der Waals surface area contributed by atoms with Gasteiger partial charge in [-0.25, -0.2) is 4.98 Å². The van der Waals surface area contributed by atoms with Crippen LogP contribution in [0.2, 0.25) is 0 Å². The van der Waals surface area contributed by atoms with Gasteiger partial charge in [0.1, 0.15) is 0 Å². The van der Waals surface area contributed by atoms with Crippen LogP contribution in [-0.2, 0) is 6.42 Å². The second-order valence-electron chi connectivity index (χ2n) is 3.22. The molecule has 1 aromatic heterocycles. The van der Waals surface area contributed by atoms with Crippen molar-refractivity contribution in [3.63, 3.8) is 0 Å². The highest BCUT2D eigenvalue weighted by atomic mass is 16.1. The van der Waals surface area contributed by atoms with Crippen LogP contribution in [0.5, 0.6) is 0 Å². The average Bonchev–Trinajstić information content (AvgIpc) is 3.04. The second-order valence-corrected chi connectivity index (χ2v) is 3.22. The summed E-state index contributed by atoms with van der Waals surface area (Å²) < 4.78 is 0. The molecular weight excluding hydrogens is 176 g/mol. The van der Waals surface area contributed by atoms with Gasteiger partial charge in [0, 0.05) is 11.5 Å². The molecule has 14 heavy (non-hydrogen) atoms. The molecule has 3 heteroatoms. The summed E-state index contributed by atoms with van der Waals surface area (Å²) in [5, 5.41) is 0. The van der Waals surface area contributed by atoms with Crippen LogP contribution in [0.15, 0.2) is 11.1 Å². The smallest absolute Gasteiger partial charge is 0.254 e. The van der Waals surface area contributed by atoms with E-state index in [1.165, 1.54) is 19.2 Å². The molecule has 0 amide bonds. The Balaban J connectivity index is 0.000000461. The normalized spacial score (nSPS) is 14.5. The monoisotopic (exact) mass is 194 g/mol. The van der Waals surface area contributed by atoms with E-state index < -0.39 is 0 Å². The van der Waals surface area contributed by atoms with E-state index in [0.29, 0.717) is 5.92 Å². The Morgan fingerprint density at radius 2 is 2.14 bits per heavy atom. The lowest BCUT2D eigenvalue weighted by atomic mass is 10.1. The summed E-state index contributed by atoms with van der Waals surface area (Å²) in [7, 11) is 0. The maximum Gasteiger partial charge on any atom is 0.254 e. The Morgan fingerprint density at radius 1 is 1.50 bits per heavy atom. The van der Waals surface area contributed by atoms with Gasteiger partial charge in [0.05, 0.1) is 12.0 Å². The van der Waals surface area contributed by atoms with E-state index in [0.717, 1.165) is 17.7 Å². The zero-order valence-electron chi connectivity index (χ0n) is 9.13. The minimum Gasteiger partial charge on any atom is -0.313 e. The molecule has 0 saturated heterocycles. The number of hydrogen-bond acceptors (Lipinski definition) is 2. The fourth-order valence-electron chi connectivity index (χ4n) is 1.49. The highest BCUT2D eigenvalue weighted by Crippen LogP contribution is 2.39. The molecule has 0 aromatic carbocycles. The van der Waals surface area contributed by atoms with Crippen LogP contribution in [-0.4, -0.2) is 9.97 Å². The average molecular weight is 194 g/mol. The molecule has 3 nitrogen and oxygen atoms in total. The third-order valence-corrected chi connectivity index (χ3v) is 2.30. The third-order valence-electron chi connectivity index (χ3n) is 2.30. The predicted octanol–water partition coefficient (Wildman–Crippen LogP) is 2.24. The fraction of sp³-hybridized carbons (Fsp3) is 0.636. The lowest BCUT2D eigenvalue weighted by Crippen LogP contribution is -2.15. The van der Waals surface area contributed by atoms with Crippen LogP contribution in [0.25, 0.3) is 0 Å². The minimum absolute atomic E-state index is 0.0365. The molecule has 78 valence electrons. The number of hydrogen-bond donors (Lipinski definition) is 1. The van der Waals surface area contributed by atoms with Crippen molar-refractivity contribution in [3.8, 4) is 0 Å². The Kier molecular flexibility index (Phi) is 3.86. The summed E-state index contributed by atoms with van der Waals surface area (Å²) in [6.45, 7) is 6.00. The number of nitrogens with one attached hydrogen (secondary N) is 1. The number of aromatic amines is 1. The van der Waals surface area contributed by atoms with E-state index in [2.05, 4.69) is 9.97 Å². The van der Waals surface area contributed by atoms with Gasteiger partial charge < -0.3 is 4.98 Å². The molecule has 0 unspecified atom stereocenters. The molecule has 1 aliphatic rings. The first-order valence-electron chi connectivity index (χ1n) is 5.39. The van der Waals surface area contributed by atoms with Crippen molar-refractivity contribution in [1.29, 1.82) is 0 Å². The Labute approximate surface area is 84.6 Å². The minimum atomic E-state index is 0.0365. The van der Waals surface area contributed by atoms with Gasteiger partial charge in [0.15, 0.2) is 0 Å². The summed E-state index contributed by atoms with van der Waals surface area (Å²) in [4.78, 5) is 18.1. The molecule has 0 bridgehead atoms. The molecule has 1 aliphatic carbocycles. The summed E-state index contributed by atoms with van der Waals surface area (Å²) in [5.41, 5.74) is 1.94. The molecule has 0 radical (unpaired) electrons. The van der Waals surface area contributed by atoms with Gasteiger partial charge in [-0.15, -0.1) is 0 Å². The van der Waals surface area contributed by atoms with Crippen LogP contribution < -0.4 is 5.56 Å². The van der Waals surface area contributed by atoms with Crippen molar-refractivity contribution in [3.05, 3.63) is 27.9 Å². The van der Waals surface area contributed by atoms with Crippen molar-refractivity contribution >= 4 is 0 Å². The Morgan fingerprint density at radius 3 is 2.64 bits per heavy atom. The van der Waals surface area contributed by atoms with Gasteiger partial charge in [-0.3, -0.25) is 4.79 Å². The predicted molar refractivity (Wildman–Crippen MR) is 57.6 cm³/mol. The standard InChI is InChI=1S/C9H12N2O.C2H6/c1-2-7-8(6-3-4-6)10-5-11-9(7)12;1-2/h5-6H,2-4H2,1H3,(H,10,11,12);1-2H3. The quantitative estimate of drug-likeness (QED) is 0.784. The zero-order valence-corrected chi connectivity index (χ0v) is 9.13. The van der Waals surface area contributed by atoms with E-state index >= 15 is 0 Å². The maximum atomic E-state index is 11.3. The lowest BCUT2D eigenvalue weighted by Gasteiger charge is -2.01. The van der Waals surface area contributed by atoms with E-state index in [4.69, 9.17) is 0 Å². The van der Waals surface area contributed by atoms with Gasteiger partial charge in [-0.05, 0) is 19.3 Å². The first kappa shape index (κ1) is 11.0. The molecule has 1 fully saturated rings. The largest absolute Gasteiger partial charge is 0.313 e.